The van der Waals surface area contributed by atoms with E-state index >= 15 is 0 Å². The predicted octanol–water partition coefficient (Wildman–Crippen LogP) is 3.89. The molecular formula is C15H15BrClN3OS. The van der Waals surface area contributed by atoms with Gasteiger partial charge in [0, 0.05) is 21.4 Å². The van der Waals surface area contributed by atoms with Crippen LogP contribution in [0.2, 0.25) is 0 Å². The number of aryl methyl sites for hydroxylation is 1. The molecular weight excluding hydrogens is 386 g/mol. The lowest BCUT2D eigenvalue weighted by Gasteiger charge is -2.10. The Morgan fingerprint density at radius 3 is 2.41 bits per heavy atom. The molecule has 0 radical (unpaired) electrons. The van der Waals surface area contributed by atoms with E-state index in [0.717, 1.165) is 15.7 Å². The number of nitrogen functional groups attached to an aromatic ring is 1. The predicted molar refractivity (Wildman–Crippen MR) is 101 cm³/mol. The van der Waals surface area contributed by atoms with E-state index in [1.807, 2.05) is 13.0 Å². The first-order valence-corrected chi connectivity index (χ1v) is 7.40. The summed E-state index contributed by atoms with van der Waals surface area (Å²) in [6.07, 6.45) is 0. The van der Waals surface area contributed by atoms with Crippen LogP contribution in [0.4, 0.5) is 11.4 Å². The lowest BCUT2D eigenvalue weighted by Crippen LogP contribution is -2.34. The van der Waals surface area contributed by atoms with Crippen molar-refractivity contribution in [3.8, 4) is 0 Å². The molecule has 2 aromatic carbocycles. The minimum absolute atomic E-state index is 0. The highest BCUT2D eigenvalue weighted by Gasteiger charge is 2.09. The molecule has 4 nitrogen and oxygen atoms in total. The van der Waals surface area contributed by atoms with E-state index in [1.165, 1.54) is 0 Å². The molecule has 0 aliphatic rings. The van der Waals surface area contributed by atoms with Crippen molar-refractivity contribution < 1.29 is 4.79 Å². The summed E-state index contributed by atoms with van der Waals surface area (Å²) in [5.41, 5.74) is 8.58. The van der Waals surface area contributed by atoms with Gasteiger partial charge >= 0.3 is 0 Å². The van der Waals surface area contributed by atoms with Crippen molar-refractivity contribution in [3.05, 3.63) is 58.1 Å². The number of amides is 1. The highest BCUT2D eigenvalue weighted by molar-refractivity contribution is 9.10. The standard InChI is InChI=1S/C15H14BrN3OS.ClH/c1-9-8-10(2-7-13(9)16)14(20)19-15(21)18-12-5-3-11(17)4-6-12;/h2-8H,17H2,1H3,(H2,18,19,20,21);1H. The van der Waals surface area contributed by atoms with Gasteiger partial charge < -0.3 is 11.1 Å². The largest absolute Gasteiger partial charge is 0.399 e. The Balaban J connectivity index is 0.00000242. The zero-order valence-corrected chi connectivity index (χ0v) is 14.9. The molecule has 1 amide bonds. The average Bonchev–Trinajstić information content (AvgIpc) is 2.44. The Bertz CT molecular complexity index is 692. The third-order valence-corrected chi connectivity index (χ3v) is 3.91. The molecule has 0 aliphatic heterocycles. The second kappa shape index (κ2) is 8.12. The van der Waals surface area contributed by atoms with Crippen molar-refractivity contribution in [1.82, 2.24) is 5.32 Å². The number of anilines is 2. The van der Waals surface area contributed by atoms with Gasteiger partial charge in [-0.2, -0.15) is 0 Å². The molecule has 0 saturated heterocycles. The van der Waals surface area contributed by atoms with E-state index in [2.05, 4.69) is 26.6 Å². The molecule has 22 heavy (non-hydrogen) atoms. The van der Waals surface area contributed by atoms with Crippen LogP contribution in [-0.4, -0.2) is 11.0 Å². The first kappa shape index (κ1) is 18.4. The number of hydrogen-bond donors (Lipinski definition) is 3. The van der Waals surface area contributed by atoms with Gasteiger partial charge in [0.25, 0.3) is 5.91 Å². The Labute approximate surface area is 149 Å². The summed E-state index contributed by atoms with van der Waals surface area (Å²) in [6, 6.07) is 12.5. The van der Waals surface area contributed by atoms with Crippen molar-refractivity contribution in [2.75, 3.05) is 11.1 Å². The van der Waals surface area contributed by atoms with E-state index in [9.17, 15) is 4.79 Å². The van der Waals surface area contributed by atoms with Gasteiger partial charge in [-0.15, -0.1) is 12.4 Å². The minimum atomic E-state index is -0.251. The Morgan fingerprint density at radius 1 is 1.18 bits per heavy atom. The SMILES string of the molecule is Cc1cc(C(=O)NC(=S)Nc2ccc(N)cc2)ccc1Br.Cl. The highest BCUT2D eigenvalue weighted by Crippen LogP contribution is 2.17. The molecule has 0 unspecified atom stereocenters. The molecule has 0 saturated carbocycles. The van der Waals surface area contributed by atoms with Crippen LogP contribution in [0.25, 0.3) is 0 Å². The molecule has 0 bridgehead atoms. The summed E-state index contributed by atoms with van der Waals surface area (Å²) >= 11 is 8.52. The van der Waals surface area contributed by atoms with E-state index in [0.29, 0.717) is 11.3 Å². The number of nitrogens with one attached hydrogen (secondary N) is 2. The van der Waals surface area contributed by atoms with Crippen molar-refractivity contribution in [2.24, 2.45) is 0 Å². The van der Waals surface area contributed by atoms with Gasteiger partial charge in [0.2, 0.25) is 0 Å². The van der Waals surface area contributed by atoms with Crippen LogP contribution in [0.15, 0.2) is 46.9 Å². The van der Waals surface area contributed by atoms with Crippen LogP contribution in [0.1, 0.15) is 15.9 Å². The van der Waals surface area contributed by atoms with Gasteiger partial charge in [-0.25, -0.2) is 0 Å². The summed E-state index contributed by atoms with van der Waals surface area (Å²) in [7, 11) is 0. The van der Waals surface area contributed by atoms with Gasteiger partial charge in [0.05, 0.1) is 0 Å². The number of nitrogens with two attached hydrogens (primary N) is 1. The van der Waals surface area contributed by atoms with Crippen LogP contribution in [-0.2, 0) is 0 Å². The molecule has 2 rings (SSSR count). The van der Waals surface area contributed by atoms with E-state index in [1.54, 1.807) is 36.4 Å². The smallest absolute Gasteiger partial charge is 0.257 e. The van der Waals surface area contributed by atoms with Gasteiger partial charge in [0.1, 0.15) is 0 Å². The molecule has 7 heteroatoms. The zero-order valence-electron chi connectivity index (χ0n) is 11.7. The van der Waals surface area contributed by atoms with Gasteiger partial charge in [-0.05, 0) is 67.2 Å². The van der Waals surface area contributed by atoms with Gasteiger partial charge in [0.15, 0.2) is 5.11 Å². The Hall–Kier alpha value is -1.63. The minimum Gasteiger partial charge on any atom is -0.399 e. The summed E-state index contributed by atoms with van der Waals surface area (Å²) in [4.78, 5) is 12.1. The first-order chi connectivity index (χ1) is 9.95. The monoisotopic (exact) mass is 399 g/mol. The van der Waals surface area contributed by atoms with Crippen LogP contribution in [0.5, 0.6) is 0 Å². The van der Waals surface area contributed by atoms with E-state index in [4.69, 9.17) is 18.0 Å². The summed E-state index contributed by atoms with van der Waals surface area (Å²) in [5, 5.41) is 5.81. The molecule has 0 aliphatic carbocycles. The summed E-state index contributed by atoms with van der Waals surface area (Å²) < 4.78 is 0.960. The van der Waals surface area contributed by atoms with Crippen LogP contribution in [0, 0.1) is 6.92 Å². The molecule has 4 N–H and O–H groups in total. The number of carbonyl (C=O) groups is 1. The van der Waals surface area contributed by atoms with E-state index < -0.39 is 0 Å². The molecule has 0 atom stereocenters. The zero-order chi connectivity index (χ0) is 15.4. The second-order valence-corrected chi connectivity index (χ2v) is 5.76. The maximum absolute atomic E-state index is 12.1. The average molecular weight is 401 g/mol. The number of thiocarbonyl (C=S) groups is 1. The number of hydrogen-bond acceptors (Lipinski definition) is 3. The van der Waals surface area contributed by atoms with E-state index in [-0.39, 0.29) is 23.4 Å². The van der Waals surface area contributed by atoms with Gasteiger partial charge in [-0.1, -0.05) is 15.9 Å². The second-order valence-electron chi connectivity index (χ2n) is 4.49. The third kappa shape index (κ3) is 4.98. The van der Waals surface area contributed by atoms with Crippen LogP contribution >= 0.6 is 40.6 Å². The maximum Gasteiger partial charge on any atom is 0.257 e. The number of carbonyl (C=O) groups excluding carboxylic acids is 1. The van der Waals surface area contributed by atoms with Crippen molar-refractivity contribution in [1.29, 1.82) is 0 Å². The summed E-state index contributed by atoms with van der Waals surface area (Å²) in [5.74, 6) is -0.251. The molecule has 116 valence electrons. The summed E-state index contributed by atoms with van der Waals surface area (Å²) in [6.45, 7) is 1.92. The fraction of sp³-hybridized carbons (Fsp3) is 0.0667. The molecule has 2 aromatic rings. The fourth-order valence-electron chi connectivity index (χ4n) is 1.69. The fourth-order valence-corrected chi connectivity index (χ4v) is 2.15. The maximum atomic E-state index is 12.1. The normalized spacial score (nSPS) is 9.55. The highest BCUT2D eigenvalue weighted by atomic mass is 79.9. The Morgan fingerprint density at radius 2 is 1.82 bits per heavy atom. The first-order valence-electron chi connectivity index (χ1n) is 6.20. The van der Waals surface area contributed by atoms with Crippen LogP contribution < -0.4 is 16.4 Å². The lowest BCUT2D eigenvalue weighted by atomic mass is 10.1. The molecule has 0 spiro atoms. The molecule has 0 fully saturated rings. The molecule has 0 aromatic heterocycles. The number of halogens is 2. The Kier molecular flexibility index (Phi) is 6.80. The number of rotatable bonds is 2. The van der Waals surface area contributed by atoms with Crippen molar-refractivity contribution in [3.63, 3.8) is 0 Å². The number of benzene rings is 2. The third-order valence-electron chi connectivity index (χ3n) is 2.82. The van der Waals surface area contributed by atoms with Crippen LogP contribution in [0.3, 0.4) is 0 Å². The van der Waals surface area contributed by atoms with Crippen molar-refractivity contribution >= 4 is 62.9 Å². The van der Waals surface area contributed by atoms with Crippen molar-refractivity contribution in [2.45, 2.75) is 6.92 Å². The topological polar surface area (TPSA) is 67.2 Å². The molecule has 0 heterocycles. The lowest BCUT2D eigenvalue weighted by molar-refractivity contribution is 0.0977. The van der Waals surface area contributed by atoms with Gasteiger partial charge in [-0.3, -0.25) is 10.1 Å². The quantitative estimate of drug-likeness (QED) is 0.528.